The lowest BCUT2D eigenvalue weighted by Gasteiger charge is -2.19. The number of nitriles is 1. The number of hydrogen-bond donors (Lipinski definition) is 1. The van der Waals surface area contributed by atoms with E-state index in [-0.39, 0.29) is 11.2 Å². The molecule has 0 saturated carbocycles. The molecule has 0 atom stereocenters. The van der Waals surface area contributed by atoms with Crippen LogP contribution in [-0.2, 0) is 0 Å². The maximum Gasteiger partial charge on any atom is 0.226 e. The number of aromatic nitrogens is 2. The second kappa shape index (κ2) is 5.40. The summed E-state index contributed by atoms with van der Waals surface area (Å²) in [6.45, 7) is 5.85. The largest absolute Gasteiger partial charge is 0.355 e. The highest BCUT2D eigenvalue weighted by Gasteiger charge is 2.21. The Morgan fingerprint density at radius 1 is 1.33 bits per heavy atom. The zero-order valence-electron chi connectivity index (χ0n) is 10.6. The zero-order valence-corrected chi connectivity index (χ0v) is 11.3. The summed E-state index contributed by atoms with van der Waals surface area (Å²) < 4.78 is 0. The van der Waals surface area contributed by atoms with E-state index in [1.165, 1.54) is 0 Å². The van der Waals surface area contributed by atoms with Crippen LogP contribution in [0.25, 0.3) is 0 Å². The summed E-state index contributed by atoms with van der Waals surface area (Å²) in [5, 5.41) is 12.5. The van der Waals surface area contributed by atoms with Crippen LogP contribution >= 0.6 is 11.6 Å². The summed E-state index contributed by atoms with van der Waals surface area (Å²) >= 11 is 6.06. The molecular weight excluding hydrogens is 250 g/mol. The molecule has 2 rings (SSSR count). The molecule has 0 amide bonds. The van der Waals surface area contributed by atoms with Crippen LogP contribution in [0.3, 0.4) is 0 Å². The third kappa shape index (κ3) is 2.65. The maximum absolute atomic E-state index is 9.17. The highest BCUT2D eigenvalue weighted by atomic mass is 35.5. The van der Waals surface area contributed by atoms with Crippen LogP contribution < -0.4 is 10.2 Å². The third-order valence-electron chi connectivity index (χ3n) is 2.78. The number of anilines is 2. The lowest BCUT2D eigenvalue weighted by molar-refractivity contribution is 0.862. The lowest BCUT2D eigenvalue weighted by Crippen LogP contribution is -2.22. The lowest BCUT2D eigenvalue weighted by atomic mass is 10.3. The summed E-state index contributed by atoms with van der Waals surface area (Å²) in [7, 11) is 0. The van der Waals surface area contributed by atoms with Crippen molar-refractivity contribution < 1.29 is 0 Å². The Morgan fingerprint density at radius 2 is 2.00 bits per heavy atom. The van der Waals surface area contributed by atoms with Gasteiger partial charge < -0.3 is 10.2 Å². The first-order valence-corrected chi connectivity index (χ1v) is 6.48. The van der Waals surface area contributed by atoms with Crippen molar-refractivity contribution in [1.82, 2.24) is 9.97 Å². The highest BCUT2D eigenvalue weighted by molar-refractivity contribution is 6.31. The second-order valence-electron chi connectivity index (χ2n) is 4.64. The van der Waals surface area contributed by atoms with Crippen molar-refractivity contribution in [3.63, 3.8) is 0 Å². The van der Waals surface area contributed by atoms with Gasteiger partial charge in [-0.1, -0.05) is 11.6 Å². The van der Waals surface area contributed by atoms with Crippen molar-refractivity contribution >= 4 is 23.4 Å². The fraction of sp³-hybridized carbons (Fsp3) is 0.583. The van der Waals surface area contributed by atoms with Gasteiger partial charge >= 0.3 is 0 Å². The molecule has 1 aliphatic heterocycles. The smallest absolute Gasteiger partial charge is 0.226 e. The highest BCUT2D eigenvalue weighted by Crippen LogP contribution is 2.27. The topological polar surface area (TPSA) is 64.8 Å². The normalized spacial score (nSPS) is 14.9. The molecule has 1 saturated heterocycles. The molecule has 0 spiro atoms. The predicted molar refractivity (Wildman–Crippen MR) is 72.0 cm³/mol. The Labute approximate surface area is 112 Å². The van der Waals surface area contributed by atoms with E-state index >= 15 is 0 Å². The van der Waals surface area contributed by atoms with E-state index in [4.69, 9.17) is 11.6 Å². The molecule has 0 aliphatic carbocycles. The zero-order chi connectivity index (χ0) is 13.1. The van der Waals surface area contributed by atoms with Gasteiger partial charge in [-0.15, -0.1) is 0 Å². The molecule has 1 aromatic heterocycles. The summed E-state index contributed by atoms with van der Waals surface area (Å²) in [4.78, 5) is 10.6. The van der Waals surface area contributed by atoms with Crippen LogP contribution in [0.15, 0.2) is 0 Å². The number of nitrogens with one attached hydrogen (secondary N) is 1. The number of nitrogens with zero attached hydrogens (tertiary/aromatic N) is 4. The van der Waals surface area contributed by atoms with Crippen molar-refractivity contribution in [2.24, 2.45) is 0 Å². The van der Waals surface area contributed by atoms with Gasteiger partial charge in [0, 0.05) is 19.1 Å². The molecule has 6 heteroatoms. The quantitative estimate of drug-likeness (QED) is 0.851. The van der Waals surface area contributed by atoms with Crippen molar-refractivity contribution in [3.8, 4) is 6.07 Å². The van der Waals surface area contributed by atoms with E-state index in [1.54, 1.807) is 0 Å². The Kier molecular flexibility index (Phi) is 3.87. The standard InChI is InChI=1S/C12H16ClN5/c1-8(2)15-12-16-10(13)9(7-14)11(17-12)18-5-3-4-6-18/h8H,3-6H2,1-2H3,(H,15,16,17). The van der Waals surface area contributed by atoms with Gasteiger partial charge in [0.15, 0.2) is 11.0 Å². The Hall–Kier alpha value is -1.54. The molecule has 18 heavy (non-hydrogen) atoms. The first kappa shape index (κ1) is 12.9. The molecule has 1 N–H and O–H groups in total. The van der Waals surface area contributed by atoms with Crippen LogP contribution in [0.5, 0.6) is 0 Å². The average molecular weight is 266 g/mol. The van der Waals surface area contributed by atoms with E-state index < -0.39 is 0 Å². The number of rotatable bonds is 3. The summed E-state index contributed by atoms with van der Waals surface area (Å²) in [6.07, 6.45) is 2.25. The van der Waals surface area contributed by atoms with E-state index in [0.717, 1.165) is 25.9 Å². The average Bonchev–Trinajstić information content (AvgIpc) is 2.80. The molecule has 1 aromatic rings. The Morgan fingerprint density at radius 3 is 2.56 bits per heavy atom. The van der Waals surface area contributed by atoms with Crippen LogP contribution in [0.1, 0.15) is 32.3 Å². The minimum atomic E-state index is 0.220. The SMILES string of the molecule is CC(C)Nc1nc(Cl)c(C#N)c(N2CCCC2)n1. The van der Waals surface area contributed by atoms with Gasteiger partial charge in [-0.2, -0.15) is 15.2 Å². The van der Waals surface area contributed by atoms with Gasteiger partial charge in [-0.3, -0.25) is 0 Å². The number of halogens is 1. The van der Waals surface area contributed by atoms with Crippen molar-refractivity contribution in [2.45, 2.75) is 32.7 Å². The van der Waals surface area contributed by atoms with E-state index in [0.29, 0.717) is 17.3 Å². The minimum absolute atomic E-state index is 0.220. The van der Waals surface area contributed by atoms with Crippen LogP contribution in [0, 0.1) is 11.3 Å². The Balaban J connectivity index is 2.40. The molecule has 0 bridgehead atoms. The van der Waals surface area contributed by atoms with Crippen LogP contribution in [0.4, 0.5) is 11.8 Å². The van der Waals surface area contributed by atoms with Crippen molar-refractivity contribution in [2.75, 3.05) is 23.3 Å². The second-order valence-corrected chi connectivity index (χ2v) is 5.00. The summed E-state index contributed by atoms with van der Waals surface area (Å²) in [6, 6.07) is 2.32. The molecule has 0 radical (unpaired) electrons. The van der Waals surface area contributed by atoms with Gasteiger partial charge in [-0.25, -0.2) is 0 Å². The van der Waals surface area contributed by atoms with Crippen molar-refractivity contribution in [3.05, 3.63) is 10.7 Å². The fourth-order valence-electron chi connectivity index (χ4n) is 2.00. The molecule has 0 aromatic carbocycles. The molecule has 96 valence electrons. The van der Waals surface area contributed by atoms with Gasteiger partial charge in [0.05, 0.1) is 0 Å². The first-order valence-electron chi connectivity index (χ1n) is 6.11. The van der Waals surface area contributed by atoms with Crippen LogP contribution in [0.2, 0.25) is 5.15 Å². The predicted octanol–water partition coefficient (Wildman–Crippen LogP) is 2.42. The van der Waals surface area contributed by atoms with E-state index in [1.807, 2.05) is 13.8 Å². The molecule has 5 nitrogen and oxygen atoms in total. The molecule has 2 heterocycles. The van der Waals surface area contributed by atoms with Gasteiger partial charge in [0.2, 0.25) is 5.95 Å². The molecule has 0 unspecified atom stereocenters. The third-order valence-corrected chi connectivity index (χ3v) is 3.05. The number of hydrogen-bond acceptors (Lipinski definition) is 5. The fourth-order valence-corrected chi connectivity index (χ4v) is 2.21. The van der Waals surface area contributed by atoms with Gasteiger partial charge in [-0.05, 0) is 26.7 Å². The monoisotopic (exact) mass is 265 g/mol. The summed E-state index contributed by atoms with van der Waals surface area (Å²) in [5.41, 5.74) is 0.368. The Bertz CT molecular complexity index is 474. The molecular formula is C12H16ClN5. The maximum atomic E-state index is 9.17. The van der Waals surface area contributed by atoms with Gasteiger partial charge in [0.25, 0.3) is 0 Å². The summed E-state index contributed by atoms with van der Waals surface area (Å²) in [5.74, 6) is 1.13. The minimum Gasteiger partial charge on any atom is -0.355 e. The molecule has 1 fully saturated rings. The first-order chi connectivity index (χ1) is 8.61. The molecule has 1 aliphatic rings. The van der Waals surface area contributed by atoms with Gasteiger partial charge in [0.1, 0.15) is 11.6 Å². The van der Waals surface area contributed by atoms with E-state index in [2.05, 4.69) is 26.3 Å². The van der Waals surface area contributed by atoms with Crippen molar-refractivity contribution in [1.29, 1.82) is 5.26 Å². The van der Waals surface area contributed by atoms with E-state index in [9.17, 15) is 5.26 Å². The van der Waals surface area contributed by atoms with Crippen LogP contribution in [-0.4, -0.2) is 29.1 Å².